The van der Waals surface area contributed by atoms with E-state index in [0.29, 0.717) is 32.2 Å². The molecule has 0 saturated carbocycles. The van der Waals surface area contributed by atoms with Gasteiger partial charge < -0.3 is 69.7 Å². The fourth-order valence-corrected chi connectivity index (χ4v) is 6.79. The van der Waals surface area contributed by atoms with Crippen molar-refractivity contribution in [1.82, 2.24) is 41.7 Å². The number of likely N-dealkylation sites (tertiary alicyclic amines) is 2. The number of carbonyl (C=O) groups excluding carboxylic acids is 10. The lowest BCUT2D eigenvalue weighted by molar-refractivity contribution is -0.145. The van der Waals surface area contributed by atoms with Crippen LogP contribution in [-0.2, 0) is 52.7 Å². The van der Waals surface area contributed by atoms with E-state index >= 15 is 0 Å². The van der Waals surface area contributed by atoms with Gasteiger partial charge >= 0.3 is 5.97 Å². The first-order chi connectivity index (χ1) is 28.7. The molecule has 24 heteroatoms. The summed E-state index contributed by atoms with van der Waals surface area (Å²) < 4.78 is 0. The van der Waals surface area contributed by atoms with Gasteiger partial charge in [-0.3, -0.25) is 47.9 Å². The van der Waals surface area contributed by atoms with E-state index < -0.39 is 120 Å². The Morgan fingerprint density at radius 3 is 1.70 bits per heavy atom. The predicted molar refractivity (Wildman–Crippen MR) is 215 cm³/mol. The van der Waals surface area contributed by atoms with E-state index in [1.54, 1.807) is 0 Å². The molecule has 0 bridgehead atoms. The Hall–Kier alpha value is -5.91. The molecule has 0 aromatic carbocycles. The molecule has 8 unspecified atom stereocenters. The summed E-state index contributed by atoms with van der Waals surface area (Å²) in [5.74, 6) is -8.60. The highest BCUT2D eigenvalue weighted by molar-refractivity contribution is 5.97. The number of aliphatic carboxylic acids is 1. The highest BCUT2D eigenvalue weighted by Crippen LogP contribution is 2.21. The maximum atomic E-state index is 13.4. The van der Waals surface area contributed by atoms with Gasteiger partial charge in [-0.15, -0.1) is 0 Å². The summed E-state index contributed by atoms with van der Waals surface area (Å²) in [6.07, 6.45) is 1.55. The maximum Gasteiger partial charge on any atom is 0.326 e. The number of hydrogen-bond donors (Lipinski definition) is 11. The van der Waals surface area contributed by atoms with Gasteiger partial charge in [-0.05, 0) is 85.1 Å². The first-order valence-electron chi connectivity index (χ1n) is 20.3. The number of nitrogens with one attached hydrogen (secondary N) is 6. The fourth-order valence-electron chi connectivity index (χ4n) is 6.79. The molecule has 15 N–H and O–H groups in total. The second kappa shape index (κ2) is 25.0. The zero-order valence-corrected chi connectivity index (χ0v) is 34.9. The second-order valence-electron chi connectivity index (χ2n) is 15.2. The van der Waals surface area contributed by atoms with Crippen molar-refractivity contribution in [3.05, 3.63) is 0 Å². The van der Waals surface area contributed by atoms with Crippen molar-refractivity contribution in [2.24, 2.45) is 22.9 Å². The SMILES string of the molecule is CC(N)C(=O)NC(CCC(N)=O)C(=O)N1CCCC1C(=O)NCC(=O)NC(CCC(N)=O)C(=O)NC(C)C(=O)NC(C)C(=O)N1CCCC1C(=O)NC(CCCCN)C(=O)O. The van der Waals surface area contributed by atoms with Crippen LogP contribution in [0.4, 0.5) is 0 Å². The summed E-state index contributed by atoms with van der Waals surface area (Å²) in [5.41, 5.74) is 21.6. The van der Waals surface area contributed by atoms with Crippen LogP contribution in [0.1, 0.15) is 91.4 Å². The van der Waals surface area contributed by atoms with Gasteiger partial charge in [0.1, 0.15) is 42.3 Å². The van der Waals surface area contributed by atoms with Gasteiger partial charge in [0.2, 0.25) is 59.1 Å². The Balaban J connectivity index is 2.01. The number of rotatable bonds is 25. The van der Waals surface area contributed by atoms with Crippen molar-refractivity contribution in [2.45, 2.75) is 140 Å². The van der Waals surface area contributed by atoms with Gasteiger partial charge in [0.05, 0.1) is 12.6 Å². The Kier molecular flexibility index (Phi) is 21.0. The van der Waals surface area contributed by atoms with E-state index in [1.165, 1.54) is 30.6 Å². The molecule has 2 aliphatic heterocycles. The van der Waals surface area contributed by atoms with Crippen LogP contribution < -0.4 is 54.8 Å². The van der Waals surface area contributed by atoms with E-state index in [9.17, 15) is 57.8 Å². The third-order valence-corrected chi connectivity index (χ3v) is 10.2. The molecule has 2 aliphatic rings. The van der Waals surface area contributed by atoms with Gasteiger partial charge in [0, 0.05) is 25.9 Å². The molecular formula is C37H62N12O12. The molecule has 8 atom stereocenters. The smallest absolute Gasteiger partial charge is 0.326 e. The van der Waals surface area contributed by atoms with Crippen LogP contribution in [0.5, 0.6) is 0 Å². The quantitative estimate of drug-likeness (QED) is 0.0382. The Labute approximate surface area is 353 Å². The normalized spacial score (nSPS) is 18.9. The molecule has 0 spiro atoms. The van der Waals surface area contributed by atoms with Crippen molar-refractivity contribution < 1.29 is 57.8 Å². The van der Waals surface area contributed by atoms with Crippen molar-refractivity contribution in [1.29, 1.82) is 0 Å². The zero-order valence-electron chi connectivity index (χ0n) is 34.9. The number of carboxylic acids is 1. The minimum absolute atomic E-state index is 0.138. The molecule has 2 fully saturated rings. The van der Waals surface area contributed by atoms with Crippen LogP contribution in [0.15, 0.2) is 0 Å². The first kappa shape index (κ1) is 51.2. The summed E-state index contributed by atoms with van der Waals surface area (Å²) in [7, 11) is 0. The molecule has 0 aromatic rings. The van der Waals surface area contributed by atoms with Crippen LogP contribution >= 0.6 is 0 Å². The fraction of sp³-hybridized carbons (Fsp3) is 0.703. The average Bonchev–Trinajstić information content (AvgIpc) is 3.90. The maximum absolute atomic E-state index is 13.4. The summed E-state index contributed by atoms with van der Waals surface area (Å²) in [5, 5.41) is 24.2. The lowest BCUT2D eigenvalue weighted by Gasteiger charge is -2.29. The number of unbranched alkanes of at least 4 members (excludes halogenated alkanes) is 1. The number of primary amides is 2. The second-order valence-corrected chi connectivity index (χ2v) is 15.2. The van der Waals surface area contributed by atoms with Crippen LogP contribution in [0.3, 0.4) is 0 Å². The third-order valence-electron chi connectivity index (χ3n) is 10.2. The summed E-state index contributed by atoms with van der Waals surface area (Å²) in [4.78, 5) is 142. The summed E-state index contributed by atoms with van der Waals surface area (Å²) in [6.45, 7) is 4.10. The molecule has 2 rings (SSSR count). The van der Waals surface area contributed by atoms with Crippen molar-refractivity contribution in [3.8, 4) is 0 Å². The molecule has 0 aromatic heterocycles. The number of hydrogen-bond acceptors (Lipinski definition) is 13. The zero-order chi connectivity index (χ0) is 46.0. The molecule has 24 nitrogen and oxygen atoms in total. The van der Waals surface area contributed by atoms with Gasteiger partial charge in [0.25, 0.3) is 0 Å². The minimum atomic E-state index is -1.41. The number of carboxylic acid groups (broad SMARTS) is 1. The number of nitrogens with two attached hydrogens (primary N) is 4. The Bertz CT molecular complexity index is 1640. The first-order valence-corrected chi connectivity index (χ1v) is 20.3. The summed E-state index contributed by atoms with van der Waals surface area (Å²) in [6, 6.07) is -9.21. The lowest BCUT2D eigenvalue weighted by Crippen LogP contribution is -2.58. The summed E-state index contributed by atoms with van der Waals surface area (Å²) >= 11 is 0. The molecule has 10 amide bonds. The van der Waals surface area contributed by atoms with Crippen molar-refractivity contribution in [2.75, 3.05) is 26.2 Å². The number of carbonyl (C=O) groups is 11. The van der Waals surface area contributed by atoms with Crippen molar-refractivity contribution in [3.63, 3.8) is 0 Å². The van der Waals surface area contributed by atoms with E-state index in [4.69, 9.17) is 22.9 Å². The molecule has 61 heavy (non-hydrogen) atoms. The van der Waals surface area contributed by atoms with E-state index in [-0.39, 0.29) is 58.0 Å². The topological polar surface area (TPSA) is 391 Å². The number of amides is 10. The largest absolute Gasteiger partial charge is 0.480 e. The Morgan fingerprint density at radius 1 is 0.623 bits per heavy atom. The van der Waals surface area contributed by atoms with Gasteiger partial charge in [-0.1, -0.05) is 0 Å². The van der Waals surface area contributed by atoms with Crippen LogP contribution in [0, 0.1) is 0 Å². The van der Waals surface area contributed by atoms with E-state index in [1.807, 2.05) is 0 Å². The molecule has 0 aliphatic carbocycles. The molecule has 2 heterocycles. The van der Waals surface area contributed by atoms with Gasteiger partial charge in [0.15, 0.2) is 0 Å². The van der Waals surface area contributed by atoms with E-state index in [2.05, 4.69) is 31.9 Å². The minimum Gasteiger partial charge on any atom is -0.480 e. The van der Waals surface area contributed by atoms with Crippen LogP contribution in [0.2, 0.25) is 0 Å². The molecule has 2 saturated heterocycles. The van der Waals surface area contributed by atoms with Crippen LogP contribution in [-0.4, -0.2) is 154 Å². The van der Waals surface area contributed by atoms with Crippen molar-refractivity contribution >= 4 is 65.0 Å². The predicted octanol–water partition coefficient (Wildman–Crippen LogP) is -5.36. The van der Waals surface area contributed by atoms with E-state index in [0.717, 1.165) is 0 Å². The standard InChI is InChI=1S/C37H62N12O12/c1-19(39)30(53)46-23(12-14-28(41)51)36(59)49-17-6-9-25(49)33(56)42-18-29(52)45-22(11-13-27(40)50)32(55)43-20(2)31(54)44-21(3)35(58)48-16-7-10-26(48)34(57)47-24(37(60)61)8-4-5-15-38/h19-26H,4-18,38-39H2,1-3H3,(H2,40,50)(H2,41,51)(H,42,56)(H,43,55)(H,44,54)(H,45,52)(H,46,53)(H,47,57)(H,60,61). The Morgan fingerprint density at radius 2 is 1.16 bits per heavy atom. The van der Waals surface area contributed by atoms with Gasteiger partial charge in [-0.2, -0.15) is 0 Å². The number of nitrogens with zero attached hydrogens (tertiary/aromatic N) is 2. The van der Waals surface area contributed by atoms with Gasteiger partial charge in [-0.25, -0.2) is 4.79 Å². The monoisotopic (exact) mass is 866 g/mol. The third kappa shape index (κ3) is 16.6. The molecule has 342 valence electrons. The van der Waals surface area contributed by atoms with Crippen LogP contribution in [0.25, 0.3) is 0 Å². The highest BCUT2D eigenvalue weighted by Gasteiger charge is 2.40. The highest BCUT2D eigenvalue weighted by atomic mass is 16.4. The molecule has 0 radical (unpaired) electrons. The lowest BCUT2D eigenvalue weighted by atomic mass is 10.1. The molecular weight excluding hydrogens is 804 g/mol. The average molecular weight is 867 g/mol.